The van der Waals surface area contributed by atoms with E-state index < -0.39 is 11.9 Å². The zero-order chi connectivity index (χ0) is 24.9. The van der Waals surface area contributed by atoms with Crippen LogP contribution in [-0.2, 0) is 12.7 Å². The predicted octanol–water partition coefficient (Wildman–Crippen LogP) is 5.63. The second-order valence-electron chi connectivity index (χ2n) is 7.75. The van der Waals surface area contributed by atoms with E-state index in [0.717, 1.165) is 6.20 Å². The zero-order valence-corrected chi connectivity index (χ0v) is 19.4. The van der Waals surface area contributed by atoms with Crippen molar-refractivity contribution in [2.75, 3.05) is 24.3 Å². The first-order chi connectivity index (χ1) is 16.2. The van der Waals surface area contributed by atoms with Crippen LogP contribution in [0.2, 0.25) is 0 Å². The topological polar surface area (TPSA) is 95.8 Å². The summed E-state index contributed by atoms with van der Waals surface area (Å²) in [5, 5.41) is 14.7. The summed E-state index contributed by atoms with van der Waals surface area (Å²) in [6.07, 6.45) is -1.85. The summed E-state index contributed by atoms with van der Waals surface area (Å²) in [4.78, 5) is 12.5. The molecule has 0 aliphatic rings. The number of alkyl halides is 3. The number of pyridine rings is 3. The van der Waals surface area contributed by atoms with Crippen molar-refractivity contribution >= 4 is 17.2 Å². The lowest BCUT2D eigenvalue weighted by molar-refractivity contribution is -0.141. The third kappa shape index (κ3) is 5.44. The summed E-state index contributed by atoms with van der Waals surface area (Å²) in [5.74, 6) is 0.679. The van der Waals surface area contributed by atoms with E-state index in [4.69, 9.17) is 10.1 Å². The first-order valence-electron chi connectivity index (χ1n) is 10.8. The van der Waals surface area contributed by atoms with Crippen LogP contribution in [0.25, 0.3) is 11.3 Å². The van der Waals surface area contributed by atoms with Crippen LogP contribution in [0.3, 0.4) is 0 Å². The molecule has 0 atom stereocenters. The second kappa shape index (κ2) is 10.5. The number of rotatable bonds is 9. The van der Waals surface area contributed by atoms with Crippen molar-refractivity contribution in [3.8, 4) is 17.1 Å². The van der Waals surface area contributed by atoms with Gasteiger partial charge in [0.1, 0.15) is 11.5 Å². The second-order valence-corrected chi connectivity index (χ2v) is 7.75. The molecule has 3 aromatic rings. The predicted molar refractivity (Wildman–Crippen MR) is 126 cm³/mol. The maximum Gasteiger partial charge on any atom is 0.433 e. The fraction of sp³-hybridized carbons (Fsp3) is 0.333. The summed E-state index contributed by atoms with van der Waals surface area (Å²) in [6.45, 7) is 5.86. The standard InChI is InChI=1S/C24H27F3N6O/c1-5-34-23-16(9-7-11-31-23)17-12-18(19(20(28)14(2)3)22(29-4)33-17)32-13-15-8-6-10-30-21(15)24(25,26)27/h6-12,14,28H,5,13H2,1-4H3,(H2,29,32,33). The lowest BCUT2D eigenvalue weighted by Gasteiger charge is -2.21. The Balaban J connectivity index is 2.13. The molecule has 0 aromatic carbocycles. The normalized spacial score (nSPS) is 11.4. The van der Waals surface area contributed by atoms with Crippen LogP contribution in [0.15, 0.2) is 42.7 Å². The minimum atomic E-state index is -4.58. The third-order valence-electron chi connectivity index (χ3n) is 5.06. The van der Waals surface area contributed by atoms with Gasteiger partial charge in [0.2, 0.25) is 5.88 Å². The first kappa shape index (κ1) is 24.9. The molecule has 3 rings (SSSR count). The van der Waals surface area contributed by atoms with E-state index in [1.165, 1.54) is 12.1 Å². The minimum Gasteiger partial charge on any atom is -0.477 e. The molecule has 0 amide bonds. The number of halogens is 3. The molecule has 0 saturated heterocycles. The molecule has 0 aliphatic carbocycles. The molecular formula is C24H27F3N6O. The van der Waals surface area contributed by atoms with Gasteiger partial charge in [-0.3, -0.25) is 4.98 Å². The van der Waals surface area contributed by atoms with Crippen molar-refractivity contribution in [2.45, 2.75) is 33.5 Å². The number of aromatic nitrogens is 3. The van der Waals surface area contributed by atoms with Crippen molar-refractivity contribution in [3.63, 3.8) is 0 Å². The molecule has 0 fully saturated rings. The molecule has 180 valence electrons. The first-order valence-corrected chi connectivity index (χ1v) is 10.8. The summed E-state index contributed by atoms with van der Waals surface area (Å²) in [5.41, 5.74) is 1.44. The van der Waals surface area contributed by atoms with Gasteiger partial charge >= 0.3 is 6.18 Å². The van der Waals surface area contributed by atoms with Crippen LogP contribution < -0.4 is 15.4 Å². The quantitative estimate of drug-likeness (QED) is 0.349. The number of nitrogens with zero attached hydrogens (tertiary/aromatic N) is 3. The van der Waals surface area contributed by atoms with Crippen molar-refractivity contribution in [1.29, 1.82) is 5.41 Å². The molecule has 7 nitrogen and oxygen atoms in total. The summed E-state index contributed by atoms with van der Waals surface area (Å²) < 4.78 is 46.0. The molecule has 0 saturated carbocycles. The Morgan fingerprint density at radius 1 is 1.15 bits per heavy atom. The highest BCUT2D eigenvalue weighted by Crippen LogP contribution is 2.35. The van der Waals surface area contributed by atoms with Gasteiger partial charge in [0.15, 0.2) is 0 Å². The van der Waals surface area contributed by atoms with Crippen molar-refractivity contribution in [2.24, 2.45) is 5.92 Å². The SMILES string of the molecule is CCOc1ncccc1-c1cc(NCc2cccnc2C(F)(F)F)c(C(=N)C(C)C)c(NC)n1. The van der Waals surface area contributed by atoms with E-state index in [2.05, 4.69) is 25.6 Å². The van der Waals surface area contributed by atoms with Crippen molar-refractivity contribution in [3.05, 3.63) is 59.5 Å². The molecule has 3 aromatic heterocycles. The number of anilines is 2. The summed E-state index contributed by atoms with van der Waals surface area (Å²) in [6, 6.07) is 8.10. The minimum absolute atomic E-state index is 0.00206. The largest absolute Gasteiger partial charge is 0.477 e. The van der Waals surface area contributed by atoms with E-state index in [0.29, 0.717) is 46.5 Å². The van der Waals surface area contributed by atoms with E-state index in [-0.39, 0.29) is 18.0 Å². The molecule has 10 heteroatoms. The van der Waals surface area contributed by atoms with Gasteiger partial charge in [-0.25, -0.2) is 9.97 Å². The summed E-state index contributed by atoms with van der Waals surface area (Å²) in [7, 11) is 1.68. The van der Waals surface area contributed by atoms with Crippen LogP contribution >= 0.6 is 0 Å². The molecular weight excluding hydrogens is 445 g/mol. The molecule has 0 unspecified atom stereocenters. The zero-order valence-electron chi connectivity index (χ0n) is 19.4. The Hall–Kier alpha value is -3.69. The number of hydrogen-bond acceptors (Lipinski definition) is 7. The van der Waals surface area contributed by atoms with E-state index in [1.54, 1.807) is 31.4 Å². The van der Waals surface area contributed by atoms with Crippen molar-refractivity contribution in [1.82, 2.24) is 15.0 Å². The smallest absolute Gasteiger partial charge is 0.433 e. The van der Waals surface area contributed by atoms with Crippen molar-refractivity contribution < 1.29 is 17.9 Å². The van der Waals surface area contributed by atoms with Gasteiger partial charge in [0.05, 0.1) is 23.4 Å². The number of nitrogens with one attached hydrogen (secondary N) is 3. The van der Waals surface area contributed by atoms with Crippen LogP contribution in [0.1, 0.15) is 37.6 Å². The Morgan fingerprint density at radius 3 is 2.50 bits per heavy atom. The average Bonchev–Trinajstić information content (AvgIpc) is 2.81. The highest BCUT2D eigenvalue weighted by molar-refractivity contribution is 6.08. The van der Waals surface area contributed by atoms with Gasteiger partial charge in [-0.05, 0) is 37.1 Å². The maximum atomic E-state index is 13.4. The molecule has 3 heterocycles. The van der Waals surface area contributed by atoms with E-state index in [9.17, 15) is 13.2 Å². The molecule has 3 N–H and O–H groups in total. The molecule has 0 bridgehead atoms. The monoisotopic (exact) mass is 472 g/mol. The Kier molecular flexibility index (Phi) is 7.70. The van der Waals surface area contributed by atoms with Gasteiger partial charge in [-0.15, -0.1) is 0 Å². The van der Waals surface area contributed by atoms with E-state index >= 15 is 0 Å². The van der Waals surface area contributed by atoms with Gasteiger partial charge in [-0.1, -0.05) is 19.9 Å². The molecule has 0 spiro atoms. The third-order valence-corrected chi connectivity index (χ3v) is 5.06. The van der Waals surface area contributed by atoms with Crippen LogP contribution in [0.5, 0.6) is 5.88 Å². The van der Waals surface area contributed by atoms with Gasteiger partial charge in [0.25, 0.3) is 0 Å². The number of ether oxygens (including phenoxy) is 1. The van der Waals surface area contributed by atoms with Crippen LogP contribution in [-0.4, -0.2) is 34.3 Å². The van der Waals surface area contributed by atoms with E-state index in [1.807, 2.05) is 20.8 Å². The fourth-order valence-corrected chi connectivity index (χ4v) is 3.43. The van der Waals surface area contributed by atoms with Gasteiger partial charge < -0.3 is 20.8 Å². The van der Waals surface area contributed by atoms with Gasteiger partial charge in [-0.2, -0.15) is 13.2 Å². The lowest BCUT2D eigenvalue weighted by atomic mass is 9.97. The summed E-state index contributed by atoms with van der Waals surface area (Å²) >= 11 is 0. The molecule has 0 aliphatic heterocycles. The van der Waals surface area contributed by atoms with Gasteiger partial charge in [0, 0.05) is 42.9 Å². The molecule has 34 heavy (non-hydrogen) atoms. The average molecular weight is 473 g/mol. The number of hydrogen-bond donors (Lipinski definition) is 3. The van der Waals surface area contributed by atoms with Crippen LogP contribution in [0, 0.1) is 11.3 Å². The fourth-order valence-electron chi connectivity index (χ4n) is 3.43. The maximum absolute atomic E-state index is 13.4. The lowest BCUT2D eigenvalue weighted by Crippen LogP contribution is -2.18. The van der Waals surface area contributed by atoms with Crippen LogP contribution in [0.4, 0.5) is 24.7 Å². The molecule has 0 radical (unpaired) electrons. The Bertz CT molecular complexity index is 1160. The Morgan fingerprint density at radius 2 is 1.85 bits per heavy atom. The Labute approximate surface area is 196 Å². The highest BCUT2D eigenvalue weighted by atomic mass is 19.4. The highest BCUT2D eigenvalue weighted by Gasteiger charge is 2.35.